The summed E-state index contributed by atoms with van der Waals surface area (Å²) in [5, 5.41) is 19.7. The van der Waals surface area contributed by atoms with Gasteiger partial charge in [0.15, 0.2) is 5.78 Å². The van der Waals surface area contributed by atoms with Crippen LogP contribution in [0.3, 0.4) is 0 Å². The van der Waals surface area contributed by atoms with E-state index in [1.54, 1.807) is 35.0 Å². The lowest BCUT2D eigenvalue weighted by Gasteiger charge is -2.08. The van der Waals surface area contributed by atoms with E-state index >= 15 is 0 Å². The van der Waals surface area contributed by atoms with Crippen molar-refractivity contribution in [1.29, 1.82) is 0 Å². The van der Waals surface area contributed by atoms with Crippen molar-refractivity contribution in [1.82, 2.24) is 9.78 Å². The van der Waals surface area contributed by atoms with E-state index in [1.165, 1.54) is 19.1 Å². The molecule has 0 bridgehead atoms. The second-order valence-electron chi connectivity index (χ2n) is 6.30. The topological polar surface area (TPSA) is 115 Å². The van der Waals surface area contributed by atoms with Gasteiger partial charge in [-0.15, -0.1) is 0 Å². The Labute approximate surface area is 167 Å². The summed E-state index contributed by atoms with van der Waals surface area (Å²) >= 11 is 5.96. The first-order chi connectivity index (χ1) is 13.1. The molecule has 9 heteroatoms. The SMILES string of the molecule is CC(O)C(=O)Cc1cc(-c2ccc(Cl)cc2)n(-c2ccc(S(N)(=O)=O)cc2)n1. The lowest BCUT2D eigenvalue weighted by Crippen LogP contribution is -2.18. The first-order valence-electron chi connectivity index (χ1n) is 8.34. The van der Waals surface area contributed by atoms with Gasteiger partial charge in [-0.1, -0.05) is 23.7 Å². The van der Waals surface area contributed by atoms with Crippen LogP contribution in [0.25, 0.3) is 16.9 Å². The number of hydrogen-bond acceptors (Lipinski definition) is 5. The van der Waals surface area contributed by atoms with Crippen LogP contribution in [0.15, 0.2) is 59.5 Å². The summed E-state index contributed by atoms with van der Waals surface area (Å²) in [5.74, 6) is -0.350. The fraction of sp³-hybridized carbons (Fsp3) is 0.158. The summed E-state index contributed by atoms with van der Waals surface area (Å²) in [5.41, 5.74) is 2.57. The minimum atomic E-state index is -3.81. The van der Waals surface area contributed by atoms with Crippen molar-refractivity contribution in [2.45, 2.75) is 24.3 Å². The lowest BCUT2D eigenvalue weighted by atomic mass is 10.1. The molecule has 0 saturated carbocycles. The van der Waals surface area contributed by atoms with Gasteiger partial charge in [0.25, 0.3) is 0 Å². The molecule has 0 aliphatic carbocycles. The molecule has 3 N–H and O–H groups in total. The van der Waals surface area contributed by atoms with E-state index in [0.29, 0.717) is 22.1 Å². The maximum absolute atomic E-state index is 11.9. The fourth-order valence-electron chi connectivity index (χ4n) is 2.64. The Morgan fingerprint density at radius 2 is 1.79 bits per heavy atom. The number of rotatable bonds is 6. The molecule has 0 amide bonds. The van der Waals surface area contributed by atoms with Crippen LogP contribution in [-0.2, 0) is 21.2 Å². The number of hydrogen-bond donors (Lipinski definition) is 2. The number of aromatic nitrogens is 2. The summed E-state index contributed by atoms with van der Waals surface area (Å²) < 4.78 is 24.5. The van der Waals surface area contributed by atoms with Crippen molar-refractivity contribution in [3.63, 3.8) is 0 Å². The number of primary sulfonamides is 1. The highest BCUT2D eigenvalue weighted by molar-refractivity contribution is 7.89. The van der Waals surface area contributed by atoms with Crippen LogP contribution < -0.4 is 5.14 Å². The van der Waals surface area contributed by atoms with Crippen LogP contribution in [0.2, 0.25) is 5.02 Å². The van der Waals surface area contributed by atoms with Gasteiger partial charge in [-0.3, -0.25) is 4.79 Å². The molecule has 0 radical (unpaired) electrons. The molecule has 0 aliphatic rings. The Bertz CT molecular complexity index is 1110. The van der Waals surface area contributed by atoms with Crippen molar-refractivity contribution in [2.75, 3.05) is 0 Å². The van der Waals surface area contributed by atoms with Gasteiger partial charge in [-0.25, -0.2) is 18.2 Å². The molecule has 146 valence electrons. The van der Waals surface area contributed by atoms with E-state index in [-0.39, 0.29) is 17.1 Å². The lowest BCUT2D eigenvalue weighted by molar-refractivity contribution is -0.125. The predicted molar refractivity (Wildman–Crippen MR) is 106 cm³/mol. The van der Waals surface area contributed by atoms with Gasteiger partial charge < -0.3 is 5.11 Å². The summed E-state index contributed by atoms with van der Waals surface area (Å²) in [6, 6.07) is 14.8. The number of aliphatic hydroxyl groups is 1. The molecule has 0 aliphatic heterocycles. The molecular weight excluding hydrogens is 402 g/mol. The van der Waals surface area contributed by atoms with E-state index in [1.807, 2.05) is 12.1 Å². The number of sulfonamides is 1. The third-order valence-corrected chi connectivity index (χ3v) is 5.31. The third-order valence-electron chi connectivity index (χ3n) is 4.13. The van der Waals surface area contributed by atoms with E-state index in [4.69, 9.17) is 16.7 Å². The molecule has 0 fully saturated rings. The molecule has 28 heavy (non-hydrogen) atoms. The third kappa shape index (κ3) is 4.48. The molecule has 0 saturated heterocycles. The number of nitrogens with zero attached hydrogens (tertiary/aromatic N) is 2. The minimum absolute atomic E-state index is 0.0130. The zero-order chi connectivity index (χ0) is 20.5. The smallest absolute Gasteiger partial charge is 0.238 e. The summed E-state index contributed by atoms with van der Waals surface area (Å²) in [7, 11) is -3.81. The Balaban J connectivity index is 2.08. The number of halogens is 1. The van der Waals surface area contributed by atoms with Gasteiger partial charge >= 0.3 is 0 Å². The number of carbonyl (C=O) groups excluding carboxylic acids is 1. The molecular formula is C19H18ClN3O4S. The van der Waals surface area contributed by atoms with Gasteiger partial charge in [0.1, 0.15) is 6.10 Å². The summed E-state index contributed by atoms with van der Waals surface area (Å²) in [4.78, 5) is 11.9. The average Bonchev–Trinajstić information content (AvgIpc) is 3.05. The van der Waals surface area contributed by atoms with Crippen LogP contribution in [0, 0.1) is 0 Å². The first kappa shape index (κ1) is 20.2. The second-order valence-corrected chi connectivity index (χ2v) is 8.30. The zero-order valence-electron chi connectivity index (χ0n) is 14.9. The number of benzene rings is 2. The minimum Gasteiger partial charge on any atom is -0.386 e. The highest BCUT2D eigenvalue weighted by Gasteiger charge is 2.17. The van der Waals surface area contributed by atoms with E-state index in [0.717, 1.165) is 5.56 Å². The van der Waals surface area contributed by atoms with Crippen molar-refractivity contribution >= 4 is 27.4 Å². The highest BCUT2D eigenvalue weighted by atomic mass is 35.5. The standard InChI is InChI=1S/C19H18ClN3O4S/c1-12(24)19(25)11-15-10-18(13-2-4-14(20)5-3-13)23(22-15)16-6-8-17(9-7-16)28(21,26)27/h2-10,12,24H,11H2,1H3,(H2,21,26,27). The molecule has 1 unspecified atom stereocenters. The van der Waals surface area contributed by atoms with Gasteiger partial charge in [-0.2, -0.15) is 5.10 Å². The largest absolute Gasteiger partial charge is 0.386 e. The molecule has 7 nitrogen and oxygen atoms in total. The Morgan fingerprint density at radius 3 is 2.32 bits per heavy atom. The average molecular weight is 420 g/mol. The predicted octanol–water partition coefficient (Wildman–Crippen LogP) is 2.33. The van der Waals surface area contributed by atoms with Crippen molar-refractivity contribution in [3.8, 4) is 16.9 Å². The molecule has 2 aromatic carbocycles. The van der Waals surface area contributed by atoms with Crippen molar-refractivity contribution in [3.05, 3.63) is 65.3 Å². The van der Waals surface area contributed by atoms with E-state index in [9.17, 15) is 18.3 Å². The monoisotopic (exact) mass is 419 g/mol. The Kier molecular flexibility index (Phi) is 5.66. The van der Waals surface area contributed by atoms with Crippen LogP contribution in [-0.4, -0.2) is 35.2 Å². The number of aliphatic hydroxyl groups excluding tert-OH is 1. The van der Waals surface area contributed by atoms with Crippen molar-refractivity contribution in [2.24, 2.45) is 5.14 Å². The van der Waals surface area contributed by atoms with Gasteiger partial charge in [-0.05, 0) is 49.4 Å². The van der Waals surface area contributed by atoms with Gasteiger partial charge in [0.2, 0.25) is 10.0 Å². The van der Waals surface area contributed by atoms with Crippen LogP contribution in [0.5, 0.6) is 0 Å². The first-order valence-corrected chi connectivity index (χ1v) is 10.3. The van der Waals surface area contributed by atoms with Crippen molar-refractivity contribution < 1.29 is 18.3 Å². The maximum Gasteiger partial charge on any atom is 0.238 e. The van der Waals surface area contributed by atoms with E-state index < -0.39 is 16.1 Å². The Morgan fingerprint density at radius 1 is 1.18 bits per heavy atom. The second kappa shape index (κ2) is 7.84. The van der Waals surface area contributed by atoms with Crippen LogP contribution >= 0.6 is 11.6 Å². The highest BCUT2D eigenvalue weighted by Crippen LogP contribution is 2.26. The molecule has 3 aromatic rings. The maximum atomic E-state index is 11.9. The molecule has 3 rings (SSSR count). The van der Waals surface area contributed by atoms with Gasteiger partial charge in [0, 0.05) is 10.6 Å². The van der Waals surface area contributed by atoms with Crippen LogP contribution in [0.1, 0.15) is 12.6 Å². The molecule has 1 aromatic heterocycles. The quantitative estimate of drug-likeness (QED) is 0.636. The number of nitrogens with two attached hydrogens (primary N) is 1. The Hall–Kier alpha value is -2.52. The van der Waals surface area contributed by atoms with Crippen LogP contribution in [0.4, 0.5) is 0 Å². The normalized spacial score (nSPS) is 12.7. The number of ketones is 1. The van der Waals surface area contributed by atoms with E-state index in [2.05, 4.69) is 5.10 Å². The number of Topliss-reactive ketones (excluding diaryl/α,β-unsaturated/α-hetero) is 1. The van der Waals surface area contributed by atoms with Gasteiger partial charge in [0.05, 0.1) is 28.4 Å². The summed E-state index contributed by atoms with van der Waals surface area (Å²) in [6.45, 7) is 1.41. The fourth-order valence-corrected chi connectivity index (χ4v) is 3.28. The molecule has 1 heterocycles. The molecule has 1 atom stereocenters. The number of carbonyl (C=O) groups is 1. The zero-order valence-corrected chi connectivity index (χ0v) is 16.5. The summed E-state index contributed by atoms with van der Waals surface area (Å²) in [6.07, 6.45) is -1.11. The molecule has 0 spiro atoms.